The van der Waals surface area contributed by atoms with Crippen LogP contribution in [-0.2, 0) is 28.0 Å². The lowest BCUT2D eigenvalue weighted by molar-refractivity contribution is -0.105. The molecule has 0 bridgehead atoms. The van der Waals surface area contributed by atoms with Crippen LogP contribution in [0.15, 0.2) is 54.6 Å². The quantitative estimate of drug-likeness (QED) is 0.827. The van der Waals surface area contributed by atoms with Gasteiger partial charge in [0.1, 0.15) is 6.61 Å². The number of hydroxylamine groups is 2. The SMILES string of the molecule is CN(OCc1ccccc1)C(=O)Nc1ccccc1C[S@](C)=O. The summed E-state index contributed by atoms with van der Waals surface area (Å²) in [6.45, 7) is 0.311. The number of anilines is 1. The third-order valence-electron chi connectivity index (χ3n) is 3.17. The van der Waals surface area contributed by atoms with Crippen LogP contribution in [0, 0.1) is 0 Å². The normalized spacial score (nSPS) is 11.7. The van der Waals surface area contributed by atoms with Crippen molar-refractivity contribution in [2.45, 2.75) is 12.4 Å². The van der Waals surface area contributed by atoms with Gasteiger partial charge in [0.25, 0.3) is 0 Å². The van der Waals surface area contributed by atoms with E-state index < -0.39 is 10.8 Å². The molecule has 1 atom stereocenters. The minimum atomic E-state index is -0.977. The first-order valence-electron chi connectivity index (χ1n) is 7.15. The van der Waals surface area contributed by atoms with E-state index in [1.54, 1.807) is 19.4 Å². The number of benzene rings is 2. The Morgan fingerprint density at radius 2 is 1.78 bits per heavy atom. The van der Waals surface area contributed by atoms with Crippen molar-refractivity contribution in [2.24, 2.45) is 0 Å². The first kappa shape index (κ1) is 17.2. The summed E-state index contributed by atoms with van der Waals surface area (Å²) in [6, 6.07) is 16.5. The summed E-state index contributed by atoms with van der Waals surface area (Å²) in [5.74, 6) is 0.394. The highest BCUT2D eigenvalue weighted by atomic mass is 32.2. The molecule has 6 heteroatoms. The summed E-state index contributed by atoms with van der Waals surface area (Å²) in [5.41, 5.74) is 2.45. The zero-order valence-electron chi connectivity index (χ0n) is 13.2. The number of nitrogens with one attached hydrogen (secondary N) is 1. The van der Waals surface area contributed by atoms with Crippen LogP contribution in [-0.4, -0.2) is 28.6 Å². The Morgan fingerprint density at radius 1 is 1.13 bits per heavy atom. The first-order chi connectivity index (χ1) is 11.1. The van der Waals surface area contributed by atoms with E-state index in [-0.39, 0.29) is 6.03 Å². The maximum absolute atomic E-state index is 12.2. The Hall–Kier alpha value is -2.18. The van der Waals surface area contributed by atoms with Crippen molar-refractivity contribution in [1.29, 1.82) is 0 Å². The van der Waals surface area contributed by atoms with Gasteiger partial charge in [0.05, 0.1) is 5.75 Å². The summed E-state index contributed by atoms with van der Waals surface area (Å²) < 4.78 is 11.4. The molecule has 0 fully saturated rings. The number of carbonyl (C=O) groups excluding carboxylic acids is 1. The summed E-state index contributed by atoms with van der Waals surface area (Å²) in [4.78, 5) is 17.6. The Morgan fingerprint density at radius 3 is 2.48 bits per heavy atom. The minimum absolute atomic E-state index is 0.311. The fraction of sp³-hybridized carbons (Fsp3) is 0.235. The number of carbonyl (C=O) groups is 1. The Balaban J connectivity index is 1.94. The molecule has 0 saturated heterocycles. The van der Waals surface area contributed by atoms with Crippen LogP contribution < -0.4 is 5.32 Å². The largest absolute Gasteiger partial charge is 0.345 e. The minimum Gasteiger partial charge on any atom is -0.306 e. The van der Waals surface area contributed by atoms with Crippen molar-refractivity contribution >= 4 is 22.5 Å². The molecule has 0 spiro atoms. The number of para-hydroxylation sites is 1. The summed E-state index contributed by atoms with van der Waals surface area (Å²) in [7, 11) is 0.578. The van der Waals surface area contributed by atoms with Gasteiger partial charge in [0.2, 0.25) is 0 Å². The van der Waals surface area contributed by atoms with Gasteiger partial charge in [-0.25, -0.2) is 9.86 Å². The van der Waals surface area contributed by atoms with Crippen molar-refractivity contribution in [3.8, 4) is 0 Å². The molecule has 2 aromatic rings. The van der Waals surface area contributed by atoms with Gasteiger partial charge in [-0.1, -0.05) is 48.5 Å². The van der Waals surface area contributed by atoms with Gasteiger partial charge >= 0.3 is 6.03 Å². The van der Waals surface area contributed by atoms with Crippen LogP contribution in [0.2, 0.25) is 0 Å². The fourth-order valence-electron chi connectivity index (χ4n) is 1.99. The number of hydrogen-bond donors (Lipinski definition) is 1. The number of rotatable bonds is 6. The van der Waals surface area contributed by atoms with E-state index in [0.717, 1.165) is 16.2 Å². The molecule has 0 aromatic heterocycles. The molecule has 0 aliphatic rings. The smallest absolute Gasteiger partial charge is 0.306 e. The van der Waals surface area contributed by atoms with E-state index >= 15 is 0 Å². The number of amides is 2. The lowest BCUT2D eigenvalue weighted by Crippen LogP contribution is -2.31. The fourth-order valence-corrected chi connectivity index (χ4v) is 2.67. The molecule has 0 aliphatic heterocycles. The average molecular weight is 332 g/mol. The molecule has 0 radical (unpaired) electrons. The maximum Gasteiger partial charge on any atom is 0.345 e. The van der Waals surface area contributed by atoms with E-state index in [0.29, 0.717) is 18.0 Å². The zero-order valence-corrected chi connectivity index (χ0v) is 14.0. The third-order valence-corrected chi connectivity index (χ3v) is 3.89. The Labute approximate surface area is 138 Å². The molecular formula is C17H20N2O3S. The van der Waals surface area contributed by atoms with Crippen molar-refractivity contribution in [3.05, 3.63) is 65.7 Å². The highest BCUT2D eigenvalue weighted by molar-refractivity contribution is 7.83. The molecule has 23 heavy (non-hydrogen) atoms. The number of hydrogen-bond acceptors (Lipinski definition) is 3. The van der Waals surface area contributed by atoms with Crippen molar-refractivity contribution in [1.82, 2.24) is 5.06 Å². The van der Waals surface area contributed by atoms with Gasteiger partial charge in [-0.05, 0) is 17.2 Å². The van der Waals surface area contributed by atoms with E-state index in [1.807, 2.05) is 48.5 Å². The van der Waals surface area contributed by atoms with Crippen LogP contribution in [0.1, 0.15) is 11.1 Å². The topological polar surface area (TPSA) is 58.6 Å². The molecule has 0 heterocycles. The van der Waals surface area contributed by atoms with Gasteiger partial charge < -0.3 is 5.32 Å². The van der Waals surface area contributed by atoms with E-state index in [9.17, 15) is 9.00 Å². The molecule has 1 N–H and O–H groups in total. The second kappa shape index (κ2) is 8.45. The van der Waals surface area contributed by atoms with Crippen LogP contribution in [0.4, 0.5) is 10.5 Å². The Kier molecular flexibility index (Phi) is 6.31. The third kappa shape index (κ3) is 5.50. The molecule has 2 amide bonds. The van der Waals surface area contributed by atoms with Gasteiger partial charge in [0.15, 0.2) is 0 Å². The van der Waals surface area contributed by atoms with Crippen molar-refractivity contribution in [3.63, 3.8) is 0 Å². The van der Waals surface area contributed by atoms with Gasteiger partial charge in [-0.15, -0.1) is 0 Å². The molecular weight excluding hydrogens is 312 g/mol. The predicted molar refractivity (Wildman–Crippen MR) is 92.2 cm³/mol. The van der Waals surface area contributed by atoms with Gasteiger partial charge in [-0.2, -0.15) is 0 Å². The molecule has 0 unspecified atom stereocenters. The standard InChI is InChI=1S/C17H20N2O3S/c1-19(22-12-14-8-4-3-5-9-14)17(20)18-16-11-7-6-10-15(16)13-23(2)21/h3-11H,12-13H2,1-2H3,(H,18,20)/t23-/m0/s1. The van der Waals surface area contributed by atoms with Crippen LogP contribution in [0.3, 0.4) is 0 Å². The molecule has 0 aliphatic carbocycles. The molecule has 2 rings (SSSR count). The van der Waals surface area contributed by atoms with Crippen molar-refractivity contribution < 1.29 is 13.8 Å². The molecule has 2 aromatic carbocycles. The maximum atomic E-state index is 12.2. The van der Waals surface area contributed by atoms with Crippen LogP contribution in [0.5, 0.6) is 0 Å². The van der Waals surface area contributed by atoms with E-state index in [1.165, 1.54) is 0 Å². The highest BCUT2D eigenvalue weighted by Gasteiger charge is 2.12. The lowest BCUT2D eigenvalue weighted by atomic mass is 10.2. The summed E-state index contributed by atoms with van der Waals surface area (Å²) in [5, 5.41) is 3.94. The first-order valence-corrected chi connectivity index (χ1v) is 8.88. The summed E-state index contributed by atoms with van der Waals surface area (Å²) in [6.07, 6.45) is 1.63. The number of nitrogens with zero attached hydrogens (tertiary/aromatic N) is 1. The van der Waals surface area contributed by atoms with E-state index in [4.69, 9.17) is 4.84 Å². The van der Waals surface area contributed by atoms with Crippen molar-refractivity contribution in [2.75, 3.05) is 18.6 Å². The average Bonchev–Trinajstić information content (AvgIpc) is 2.55. The summed E-state index contributed by atoms with van der Waals surface area (Å²) >= 11 is 0. The zero-order chi connectivity index (χ0) is 16.7. The second-order valence-corrected chi connectivity index (χ2v) is 6.50. The monoisotopic (exact) mass is 332 g/mol. The molecule has 0 saturated carbocycles. The lowest BCUT2D eigenvalue weighted by Gasteiger charge is -2.18. The second-order valence-electron chi connectivity index (χ2n) is 5.06. The highest BCUT2D eigenvalue weighted by Crippen LogP contribution is 2.17. The molecule has 5 nitrogen and oxygen atoms in total. The van der Waals surface area contributed by atoms with Gasteiger partial charge in [-0.3, -0.25) is 9.05 Å². The molecule has 122 valence electrons. The van der Waals surface area contributed by atoms with Gasteiger partial charge in [0, 0.05) is 29.8 Å². The number of urea groups is 1. The predicted octanol–water partition coefficient (Wildman–Crippen LogP) is 3.16. The Bertz CT molecular complexity index is 677. The van der Waals surface area contributed by atoms with E-state index in [2.05, 4.69) is 5.32 Å². The van der Waals surface area contributed by atoms with Crippen LogP contribution in [0.25, 0.3) is 0 Å². The van der Waals surface area contributed by atoms with Crippen LogP contribution >= 0.6 is 0 Å².